The minimum Gasteiger partial charge on any atom is -0.447 e. The summed E-state index contributed by atoms with van der Waals surface area (Å²) < 4.78 is 32.0. The van der Waals surface area contributed by atoms with Crippen LogP contribution in [0.25, 0.3) is 16.0 Å². The highest BCUT2D eigenvalue weighted by Crippen LogP contribution is 2.43. The van der Waals surface area contributed by atoms with E-state index >= 15 is 0 Å². The molecular weight excluding hydrogens is 508 g/mol. The van der Waals surface area contributed by atoms with Crippen molar-refractivity contribution in [2.24, 2.45) is 0 Å². The van der Waals surface area contributed by atoms with Crippen LogP contribution >= 0.6 is 11.3 Å². The number of benzene rings is 1. The van der Waals surface area contributed by atoms with Crippen LogP contribution in [0.2, 0.25) is 0 Å². The largest absolute Gasteiger partial charge is 0.447 e. The maximum absolute atomic E-state index is 13.4. The molecule has 1 unspecified atom stereocenters. The van der Waals surface area contributed by atoms with Crippen molar-refractivity contribution in [1.29, 1.82) is 0 Å². The second-order valence-electron chi connectivity index (χ2n) is 9.98. The van der Waals surface area contributed by atoms with E-state index in [1.54, 1.807) is 17.4 Å². The van der Waals surface area contributed by atoms with Crippen LogP contribution in [0.5, 0.6) is 0 Å². The number of hydrogen-bond donors (Lipinski definition) is 3. The van der Waals surface area contributed by atoms with Gasteiger partial charge in [-0.1, -0.05) is 12.1 Å². The molecule has 37 heavy (non-hydrogen) atoms. The summed E-state index contributed by atoms with van der Waals surface area (Å²) >= 11 is 1.61. The molecule has 3 N–H and O–H groups in total. The van der Waals surface area contributed by atoms with Crippen LogP contribution in [-0.2, 0) is 14.6 Å². The Kier molecular flexibility index (Phi) is 7.13. The van der Waals surface area contributed by atoms with E-state index in [0.29, 0.717) is 29.2 Å². The molecule has 196 valence electrons. The van der Waals surface area contributed by atoms with Crippen LogP contribution in [-0.4, -0.2) is 42.1 Å². The van der Waals surface area contributed by atoms with Gasteiger partial charge in [-0.15, -0.1) is 11.3 Å². The number of nitrogens with one attached hydrogen (secondary N) is 3. The number of thiophene rings is 1. The standard InChI is InChI=1S/C27H32N4O4S2/c1-16(2)35-27(32)29-19-6-4-18(5-7-19)23-12-13-24(36-23)22-11-8-20(28-26-14-17(3)30-31-26)15-25(22)37(33,34)21-9-10-21/h4,8,11-16,19,21H,5-7,9-10H2,1-3H3,(H,29,32)(H2,28,30,31). The number of ether oxygens (including phenoxy) is 1. The number of aromatic nitrogens is 2. The molecule has 2 aromatic heterocycles. The Morgan fingerprint density at radius 3 is 2.57 bits per heavy atom. The first-order valence-corrected chi connectivity index (χ1v) is 15.0. The van der Waals surface area contributed by atoms with Gasteiger partial charge in [0.1, 0.15) is 0 Å². The first-order valence-electron chi connectivity index (χ1n) is 12.6. The predicted molar refractivity (Wildman–Crippen MR) is 147 cm³/mol. The Morgan fingerprint density at radius 2 is 1.92 bits per heavy atom. The van der Waals surface area contributed by atoms with E-state index < -0.39 is 9.84 Å². The zero-order valence-corrected chi connectivity index (χ0v) is 22.8. The molecular formula is C27H32N4O4S2. The van der Waals surface area contributed by atoms with Gasteiger partial charge in [0.25, 0.3) is 0 Å². The number of H-pyrrole nitrogens is 1. The molecule has 2 aliphatic rings. The molecule has 1 fully saturated rings. The number of allylic oxidation sites excluding steroid dienone is 1. The van der Waals surface area contributed by atoms with Crippen molar-refractivity contribution in [2.75, 3.05) is 5.32 Å². The first-order chi connectivity index (χ1) is 17.7. The van der Waals surface area contributed by atoms with E-state index in [-0.39, 0.29) is 23.5 Å². The van der Waals surface area contributed by atoms with E-state index in [1.165, 1.54) is 5.57 Å². The third-order valence-electron chi connectivity index (χ3n) is 6.49. The van der Waals surface area contributed by atoms with Crippen molar-refractivity contribution >= 4 is 44.3 Å². The second-order valence-corrected chi connectivity index (χ2v) is 13.3. The van der Waals surface area contributed by atoms with Gasteiger partial charge in [-0.3, -0.25) is 5.10 Å². The molecule has 0 bridgehead atoms. The lowest BCUT2D eigenvalue weighted by Gasteiger charge is -2.23. The molecule has 8 nitrogen and oxygen atoms in total. The second kappa shape index (κ2) is 10.3. The van der Waals surface area contributed by atoms with Gasteiger partial charge in [0.05, 0.1) is 16.2 Å². The minimum absolute atomic E-state index is 0.0584. The van der Waals surface area contributed by atoms with Crippen molar-refractivity contribution in [3.63, 3.8) is 0 Å². The normalized spacial score (nSPS) is 17.9. The summed E-state index contributed by atoms with van der Waals surface area (Å²) in [5.74, 6) is 0.646. The highest BCUT2D eigenvalue weighted by molar-refractivity contribution is 7.92. The number of aryl methyl sites for hydroxylation is 1. The zero-order valence-electron chi connectivity index (χ0n) is 21.2. The first kappa shape index (κ1) is 25.5. The predicted octanol–water partition coefficient (Wildman–Crippen LogP) is 6.20. The smallest absolute Gasteiger partial charge is 0.407 e. The molecule has 1 aromatic carbocycles. The van der Waals surface area contributed by atoms with E-state index in [0.717, 1.165) is 40.3 Å². The third-order valence-corrected chi connectivity index (χ3v) is 9.99. The molecule has 0 aliphatic heterocycles. The average molecular weight is 541 g/mol. The van der Waals surface area contributed by atoms with Gasteiger partial charge in [0.2, 0.25) is 0 Å². The molecule has 1 atom stereocenters. The molecule has 0 saturated heterocycles. The summed E-state index contributed by atoms with van der Waals surface area (Å²) in [5.41, 5.74) is 3.58. The lowest BCUT2D eigenvalue weighted by Crippen LogP contribution is -2.37. The van der Waals surface area contributed by atoms with Crippen molar-refractivity contribution in [2.45, 2.75) is 75.2 Å². The van der Waals surface area contributed by atoms with Crippen molar-refractivity contribution in [3.05, 3.63) is 53.0 Å². The third kappa shape index (κ3) is 5.91. The number of alkyl carbamates (subject to hydrolysis) is 1. The fraction of sp³-hybridized carbons (Fsp3) is 0.407. The van der Waals surface area contributed by atoms with Gasteiger partial charge in [0.15, 0.2) is 15.7 Å². The Balaban J connectivity index is 1.37. The average Bonchev–Trinajstić information content (AvgIpc) is 3.48. The number of hydrogen-bond acceptors (Lipinski definition) is 7. The Bertz CT molecular complexity index is 1430. The summed E-state index contributed by atoms with van der Waals surface area (Å²) in [6.07, 6.45) is 5.48. The lowest BCUT2D eigenvalue weighted by molar-refractivity contribution is 0.111. The number of aromatic amines is 1. The number of amides is 1. The number of anilines is 2. The fourth-order valence-electron chi connectivity index (χ4n) is 4.49. The molecule has 3 aromatic rings. The lowest BCUT2D eigenvalue weighted by atomic mass is 9.94. The summed E-state index contributed by atoms with van der Waals surface area (Å²) in [6, 6.07) is 11.5. The van der Waals surface area contributed by atoms with Crippen LogP contribution in [0.3, 0.4) is 0 Å². The number of rotatable bonds is 8. The van der Waals surface area contributed by atoms with Gasteiger partial charge in [-0.05, 0) is 82.7 Å². The molecule has 2 heterocycles. The Morgan fingerprint density at radius 1 is 1.14 bits per heavy atom. The van der Waals surface area contributed by atoms with Gasteiger partial charge in [-0.2, -0.15) is 5.10 Å². The highest BCUT2D eigenvalue weighted by Gasteiger charge is 2.38. The molecule has 0 spiro atoms. The van der Waals surface area contributed by atoms with Gasteiger partial charge >= 0.3 is 6.09 Å². The Hall–Kier alpha value is -3.11. The highest BCUT2D eigenvalue weighted by atomic mass is 32.2. The van der Waals surface area contributed by atoms with E-state index in [1.807, 2.05) is 45.0 Å². The molecule has 2 aliphatic carbocycles. The summed E-state index contributed by atoms with van der Waals surface area (Å²) in [4.78, 5) is 14.3. The molecule has 5 rings (SSSR count). The maximum Gasteiger partial charge on any atom is 0.407 e. The number of nitrogens with zero attached hydrogens (tertiary/aromatic N) is 1. The molecule has 1 saturated carbocycles. The number of carbonyl (C=O) groups excluding carboxylic acids is 1. The minimum atomic E-state index is -3.43. The number of carbonyl (C=O) groups is 1. The van der Waals surface area contributed by atoms with Crippen LogP contribution in [0.15, 0.2) is 47.4 Å². The summed E-state index contributed by atoms with van der Waals surface area (Å²) in [5, 5.41) is 12.9. The van der Waals surface area contributed by atoms with Crippen molar-refractivity contribution < 1.29 is 17.9 Å². The topological polar surface area (TPSA) is 113 Å². The molecule has 1 amide bonds. The summed E-state index contributed by atoms with van der Waals surface area (Å²) in [7, 11) is -3.43. The van der Waals surface area contributed by atoms with Crippen molar-refractivity contribution in [1.82, 2.24) is 15.5 Å². The summed E-state index contributed by atoms with van der Waals surface area (Å²) in [6.45, 7) is 5.58. The van der Waals surface area contributed by atoms with Crippen LogP contribution in [0, 0.1) is 6.92 Å². The van der Waals surface area contributed by atoms with Crippen LogP contribution in [0.4, 0.5) is 16.3 Å². The molecule has 0 radical (unpaired) electrons. The SMILES string of the molecule is Cc1cc(Nc2ccc(-c3ccc(C4=CCC(NC(=O)OC(C)C)CC4)s3)c(S(=O)(=O)C3CC3)c2)n[nH]1. The quantitative estimate of drug-likeness (QED) is 0.314. The molecule has 10 heteroatoms. The monoisotopic (exact) mass is 540 g/mol. The van der Waals surface area contributed by atoms with Crippen LogP contribution < -0.4 is 10.6 Å². The zero-order chi connectivity index (χ0) is 26.2. The van der Waals surface area contributed by atoms with Gasteiger partial charge in [0, 0.05) is 38.8 Å². The van der Waals surface area contributed by atoms with Crippen molar-refractivity contribution in [3.8, 4) is 10.4 Å². The van der Waals surface area contributed by atoms with Gasteiger partial charge < -0.3 is 15.4 Å². The van der Waals surface area contributed by atoms with E-state index in [4.69, 9.17) is 4.74 Å². The van der Waals surface area contributed by atoms with E-state index in [9.17, 15) is 13.2 Å². The maximum atomic E-state index is 13.4. The number of sulfone groups is 1. The van der Waals surface area contributed by atoms with E-state index in [2.05, 4.69) is 33.0 Å². The fourth-order valence-corrected chi connectivity index (χ4v) is 7.56. The van der Waals surface area contributed by atoms with Crippen LogP contribution in [0.1, 0.15) is 56.5 Å². The van der Waals surface area contributed by atoms with Gasteiger partial charge in [-0.25, -0.2) is 13.2 Å². The Labute approximate surface area is 221 Å².